The Morgan fingerprint density at radius 1 is 0.475 bits per heavy atom. The Bertz CT molecular complexity index is 3710. The average Bonchev–Trinajstić information content (AvgIpc) is 0.779. The van der Waals surface area contributed by atoms with Crippen LogP contribution in [0.2, 0.25) is 0 Å². The Balaban J connectivity index is 2.55. The number of benzene rings is 2. The van der Waals surface area contributed by atoms with E-state index in [1.54, 1.807) is 81.4 Å². The largest absolute Gasteiger partial charge is 0.481 e. The summed E-state index contributed by atoms with van der Waals surface area (Å²) in [6, 6.07) is 1.69. The molecule has 13 amide bonds. The molecule has 2 aromatic carbocycles. The van der Waals surface area contributed by atoms with Crippen LogP contribution in [0.5, 0.6) is 0 Å². The Morgan fingerprint density at radius 2 is 0.915 bits per heavy atom. The summed E-state index contributed by atoms with van der Waals surface area (Å²) in [6.07, 6.45) is 0.905. The highest BCUT2D eigenvalue weighted by atomic mass is 32.1. The molecule has 0 unspecified atom stereocenters. The molecule has 0 heterocycles. The maximum absolute atomic E-state index is 15.4. The fourth-order valence-corrected chi connectivity index (χ4v) is 12.2. The molecule has 0 saturated carbocycles. The number of carbonyl (C=O) groups excluding carboxylic acids is 14. The summed E-state index contributed by atoms with van der Waals surface area (Å²) in [4.78, 5) is 210. The third-order valence-electron chi connectivity index (χ3n) is 18.7. The molecule has 0 spiro atoms. The highest BCUT2D eigenvalue weighted by Gasteiger charge is 2.47. The number of aliphatic carboxylic acids is 1. The van der Waals surface area contributed by atoms with E-state index in [4.69, 9.17) is 56.0 Å². The lowest BCUT2D eigenvalue weighted by Crippen LogP contribution is -2.69. The van der Waals surface area contributed by atoms with Crippen LogP contribution in [0.25, 0.3) is 0 Å². The number of aldehydes is 1. The number of hydrogen-bond donors (Lipinski definition) is 28. The molecule has 44 heteroatoms. The molecule has 0 aromatic heterocycles. The van der Waals surface area contributed by atoms with E-state index in [-0.39, 0.29) is 109 Å². The summed E-state index contributed by atoms with van der Waals surface area (Å²) in [6.45, 7) is 6.67. The van der Waals surface area contributed by atoms with Crippen LogP contribution in [0.4, 0.5) is 0 Å². The van der Waals surface area contributed by atoms with Crippen molar-refractivity contribution >= 4 is 138 Å². The number of carbonyl (C=O) groups is 15. The zero-order chi connectivity index (χ0) is 88.6. The lowest BCUT2D eigenvalue weighted by Gasteiger charge is -2.41. The zero-order valence-electron chi connectivity index (χ0n) is 67.3. The van der Waals surface area contributed by atoms with Gasteiger partial charge in [0.25, 0.3) is 5.91 Å². The summed E-state index contributed by atoms with van der Waals surface area (Å²) < 4.78 is 0. The minimum Gasteiger partial charge on any atom is -0.481 e. The Morgan fingerprint density at radius 3 is 1.39 bits per heavy atom. The highest BCUT2D eigenvalue weighted by molar-refractivity contribution is 7.80. The predicted molar refractivity (Wildman–Crippen MR) is 446 cm³/mol. The van der Waals surface area contributed by atoms with Crippen LogP contribution in [0.15, 0.2) is 60.7 Å². The van der Waals surface area contributed by atoms with Crippen LogP contribution in [0.3, 0.4) is 0 Å². The lowest BCUT2D eigenvalue weighted by molar-refractivity contribution is -0.158. The average molecular weight is 1700 g/mol. The van der Waals surface area contributed by atoms with Gasteiger partial charge in [0.05, 0.1) is 25.6 Å². The molecular formula is C74H122N26O16S2. The molecule has 0 aliphatic heterocycles. The smallest absolute Gasteiger partial charge is 0.305 e. The number of guanidine groups is 4. The van der Waals surface area contributed by atoms with Crippen LogP contribution < -0.4 is 114 Å². The number of amides is 13. The normalized spacial score (nSPS) is 14.4. The molecule has 0 fully saturated rings. The third-order valence-corrected chi connectivity index (χ3v) is 19.5. The van der Waals surface area contributed by atoms with Gasteiger partial charge in [0.15, 0.2) is 35.8 Å². The van der Waals surface area contributed by atoms with Gasteiger partial charge in [0.1, 0.15) is 54.4 Å². The summed E-state index contributed by atoms with van der Waals surface area (Å²) in [7, 11) is 0. The first-order valence-electron chi connectivity index (χ1n) is 38.8. The summed E-state index contributed by atoms with van der Waals surface area (Å²) in [5.41, 5.74) is 32.5. The number of imide groups is 1. The van der Waals surface area contributed by atoms with Gasteiger partial charge in [0.2, 0.25) is 70.9 Å². The standard InChI is InChI=1S/C74H122N26O16S2/c1-6-42(3)58(97-63(110)48(26-19-31-85-70(77)78)91-55(103)38-88-54(102)37-89-62(109)50(34-45-22-13-11-14-23-45)93-60(107)44(5)90-61(108)47(76)39-117)67(114)94-51(36-57(105)106)65(112)92-49(27-20-32-86-71(79)80)64(111)98-59(43(4)7-2)68(115)96-53(40-118)66(113)95-52(35-46-24-15-12-16-25-46)69(116)100(56(104)28-17-9-8-10-18-30-75)74(41-101,99-73(83)84)29-21-33-87-72(81)82/h11-16,22-25,41-44,47-53,58-59,117-118H,6-10,17-21,26-40,75-76H2,1-5H3,(H,88,102)(H,89,109)(H,90,108)(H,91,103)(H,92,112)(H,93,107)(H,94,114)(H,95,113)(H,96,115)(H,97,110)(H,98,111)(H,105,106)(H4,77,78,85)(H4,79,80,86)(H4,81,82,87)(H4,83,84,99)/t42-,43-,44+,47-,48-,49-,50-,51-,52-,53-,58-,59-,74-/m0/s1. The molecule has 13 atom stereocenters. The van der Waals surface area contributed by atoms with E-state index in [2.05, 4.69) is 105 Å². The number of carboxylic acid groups (broad SMARTS) is 1. The van der Waals surface area contributed by atoms with Gasteiger partial charge in [-0.05, 0) is 87.8 Å². The number of carboxylic acids is 1. The molecule has 32 N–H and O–H groups in total. The molecule has 0 radical (unpaired) electrons. The molecule has 0 aliphatic rings. The van der Waals surface area contributed by atoms with Gasteiger partial charge in [0, 0.05) is 50.4 Å². The highest BCUT2D eigenvalue weighted by Crippen LogP contribution is 2.24. The first kappa shape index (κ1) is 103. The van der Waals surface area contributed by atoms with Crippen LogP contribution in [0.1, 0.15) is 142 Å². The molecule has 2 rings (SSSR count). The fourth-order valence-electron chi connectivity index (χ4n) is 11.8. The number of nitrogens with one attached hydrogen (secondary N) is 19. The summed E-state index contributed by atoms with van der Waals surface area (Å²) in [5, 5.41) is 79.0. The fraction of sp³-hybridized carbons (Fsp3) is 0.581. The monoisotopic (exact) mass is 1690 g/mol. The van der Waals surface area contributed by atoms with Crippen molar-refractivity contribution in [3.63, 3.8) is 0 Å². The summed E-state index contributed by atoms with van der Waals surface area (Å²) in [5.74, 6) is -18.3. The molecule has 0 saturated heterocycles. The van der Waals surface area contributed by atoms with Crippen molar-refractivity contribution in [2.75, 3.05) is 50.8 Å². The second-order valence-corrected chi connectivity index (χ2v) is 28.9. The maximum Gasteiger partial charge on any atom is 0.305 e. The molecule has 118 heavy (non-hydrogen) atoms. The first-order valence-corrected chi connectivity index (χ1v) is 40.1. The number of hydrogen-bond acceptors (Lipinski definition) is 23. The van der Waals surface area contributed by atoms with Crippen molar-refractivity contribution in [1.82, 2.24) is 84.7 Å². The minimum atomic E-state index is -2.35. The second kappa shape index (κ2) is 55.2. The van der Waals surface area contributed by atoms with E-state index < -0.39 is 210 Å². The van der Waals surface area contributed by atoms with Crippen molar-refractivity contribution < 1.29 is 77.0 Å². The van der Waals surface area contributed by atoms with Gasteiger partial charge in [-0.1, -0.05) is 120 Å². The van der Waals surface area contributed by atoms with Gasteiger partial charge in [-0.15, -0.1) is 0 Å². The Kier molecular flexibility index (Phi) is 48.1. The summed E-state index contributed by atoms with van der Waals surface area (Å²) >= 11 is 8.38. The van der Waals surface area contributed by atoms with Crippen molar-refractivity contribution in [3.05, 3.63) is 71.8 Å². The number of nitrogens with zero attached hydrogens (tertiary/aromatic N) is 1. The molecule has 2 aromatic rings. The van der Waals surface area contributed by atoms with Gasteiger partial charge >= 0.3 is 5.97 Å². The van der Waals surface area contributed by atoms with Crippen LogP contribution in [-0.4, -0.2) is 240 Å². The Labute approximate surface area is 696 Å². The van der Waals surface area contributed by atoms with Crippen molar-refractivity contribution in [2.24, 2.45) is 46.2 Å². The number of rotatable bonds is 57. The lowest BCUT2D eigenvalue weighted by atomic mass is 9.96. The predicted octanol–water partition coefficient (Wildman–Crippen LogP) is -5.34. The van der Waals surface area contributed by atoms with E-state index in [1.165, 1.54) is 13.8 Å². The van der Waals surface area contributed by atoms with Crippen molar-refractivity contribution in [1.29, 1.82) is 21.6 Å². The third kappa shape index (κ3) is 38.6. The van der Waals surface area contributed by atoms with Gasteiger partial charge in [-0.2, -0.15) is 25.3 Å². The van der Waals surface area contributed by atoms with E-state index in [0.717, 1.165) is 12.8 Å². The number of nitrogens with two attached hydrogens (primary N) is 6. The first-order chi connectivity index (χ1) is 55.9. The van der Waals surface area contributed by atoms with Crippen molar-refractivity contribution in [2.45, 2.75) is 210 Å². The van der Waals surface area contributed by atoms with E-state index >= 15 is 4.79 Å². The van der Waals surface area contributed by atoms with E-state index in [0.29, 0.717) is 35.4 Å². The van der Waals surface area contributed by atoms with Gasteiger partial charge in [-0.3, -0.25) is 93.6 Å². The van der Waals surface area contributed by atoms with Crippen LogP contribution in [0, 0.1) is 33.5 Å². The molecule has 0 bridgehead atoms. The zero-order valence-corrected chi connectivity index (χ0v) is 69.1. The topological polar surface area (TPSA) is 711 Å². The molecule has 0 aliphatic carbocycles. The molecular weight excluding hydrogens is 1570 g/mol. The van der Waals surface area contributed by atoms with Gasteiger partial charge < -0.3 is 119 Å². The quantitative estimate of drug-likeness (QED) is 0.00734. The second-order valence-electron chi connectivity index (χ2n) is 28.2. The van der Waals surface area contributed by atoms with Crippen molar-refractivity contribution in [3.8, 4) is 0 Å². The maximum atomic E-state index is 15.4. The van der Waals surface area contributed by atoms with Crippen LogP contribution in [-0.2, 0) is 84.8 Å². The van der Waals surface area contributed by atoms with E-state index in [9.17, 15) is 72.2 Å². The number of unbranched alkanes of at least 4 members (excludes halogenated alkanes) is 4. The molecule has 656 valence electrons. The van der Waals surface area contributed by atoms with Gasteiger partial charge in [-0.25, -0.2) is 4.90 Å². The van der Waals surface area contributed by atoms with E-state index in [1.807, 2.05) is 0 Å². The Hall–Kier alpha value is -11.4. The molecule has 42 nitrogen and oxygen atoms in total. The number of thiol groups is 2. The van der Waals surface area contributed by atoms with Crippen LogP contribution >= 0.6 is 25.3 Å². The minimum absolute atomic E-state index is 0.00869. The SMILES string of the molecule is CC[C@H](C)[C@H](NC(=O)[C@H](CCCNC(=N)N)NC(=O)CNC(=O)CNC(=O)[C@H](Cc1ccccc1)NC(=O)[C@@H](C)NC(=O)[C@@H](N)CS)C(=O)N[C@@H](CC(=O)O)C(=O)N[C@@H](CCCNC(=N)N)C(=O)N[C@H](C(=O)N[C@@H](CS)C(=O)N[C@@H](Cc1ccccc1)C(=O)N(C(=O)CCCCCCCN)[C@](C=O)(CCCNC(=N)N)NC(=N)N)[C@@H](C)CC.